The lowest BCUT2D eigenvalue weighted by Gasteiger charge is -2.14. The van der Waals surface area contributed by atoms with Gasteiger partial charge < -0.3 is 15.4 Å². The molecule has 0 aliphatic carbocycles. The van der Waals surface area contributed by atoms with Crippen LogP contribution in [0.2, 0.25) is 0 Å². The van der Waals surface area contributed by atoms with E-state index < -0.39 is 23.6 Å². The van der Waals surface area contributed by atoms with Crippen molar-refractivity contribution in [2.75, 3.05) is 23.8 Å². The fraction of sp³-hybridized carbons (Fsp3) is 0.143. The molecule has 3 aromatic rings. The van der Waals surface area contributed by atoms with E-state index in [1.54, 1.807) is 42.5 Å². The molecule has 2 N–H and O–H groups in total. The number of aryl methyl sites for hydroxylation is 1. The molecule has 0 spiro atoms. The van der Waals surface area contributed by atoms with Gasteiger partial charge in [-0.3, -0.25) is 24.1 Å². The number of thioether (sulfide) groups is 1. The first-order chi connectivity index (χ1) is 17.8. The molecule has 188 valence electrons. The van der Waals surface area contributed by atoms with Gasteiger partial charge >= 0.3 is 0 Å². The summed E-state index contributed by atoms with van der Waals surface area (Å²) in [6.45, 7) is 3.19. The number of benzene rings is 3. The molecule has 0 bridgehead atoms. The summed E-state index contributed by atoms with van der Waals surface area (Å²) in [4.78, 5) is 51.4. The average Bonchev–Trinajstić information content (AvgIpc) is 3.14. The first-order valence-electron chi connectivity index (χ1n) is 11.5. The smallest absolute Gasteiger partial charge is 0.294 e. The maximum atomic E-state index is 12.9. The van der Waals surface area contributed by atoms with Crippen LogP contribution >= 0.6 is 11.8 Å². The van der Waals surface area contributed by atoms with Gasteiger partial charge in [0.25, 0.3) is 17.1 Å². The van der Waals surface area contributed by atoms with Crippen molar-refractivity contribution in [1.82, 2.24) is 4.90 Å². The summed E-state index contributed by atoms with van der Waals surface area (Å²) in [5.74, 6) is -0.991. The summed E-state index contributed by atoms with van der Waals surface area (Å²) in [7, 11) is 0. The van der Waals surface area contributed by atoms with E-state index in [4.69, 9.17) is 4.74 Å². The second-order valence-corrected chi connectivity index (χ2v) is 9.30. The van der Waals surface area contributed by atoms with Gasteiger partial charge in [-0.15, -0.1) is 0 Å². The van der Waals surface area contributed by atoms with E-state index in [9.17, 15) is 19.2 Å². The van der Waals surface area contributed by atoms with Crippen molar-refractivity contribution in [3.63, 3.8) is 0 Å². The van der Waals surface area contributed by atoms with Gasteiger partial charge in [0.2, 0.25) is 5.91 Å². The van der Waals surface area contributed by atoms with Gasteiger partial charge in [-0.25, -0.2) is 0 Å². The van der Waals surface area contributed by atoms with Crippen molar-refractivity contribution in [2.24, 2.45) is 0 Å². The van der Waals surface area contributed by atoms with Gasteiger partial charge in [0.05, 0.1) is 4.91 Å². The summed E-state index contributed by atoms with van der Waals surface area (Å²) < 4.78 is 5.68. The molecule has 0 atom stereocenters. The van der Waals surface area contributed by atoms with Gasteiger partial charge in [-0.2, -0.15) is 0 Å². The largest absolute Gasteiger partial charge is 0.483 e. The second kappa shape index (κ2) is 11.6. The van der Waals surface area contributed by atoms with Crippen LogP contribution in [0.3, 0.4) is 0 Å². The third-order valence-electron chi connectivity index (χ3n) is 5.68. The Morgan fingerprint density at radius 2 is 1.62 bits per heavy atom. The normalized spacial score (nSPS) is 14.1. The number of amides is 4. The Hall–Kier alpha value is -4.37. The van der Waals surface area contributed by atoms with E-state index >= 15 is 0 Å². The standard InChI is InChI=1S/C28H25N3O5S/c1-18-9-8-13-22(19(18)2)30-25(32)16-31-27(34)24(37-28(31)35)15-20-10-6-7-14-23(20)36-17-26(33)29-21-11-4-3-5-12-21/h3-15H,16-17H2,1-2H3,(H,29,33)(H,30,32)/b24-15+. The van der Waals surface area contributed by atoms with E-state index in [0.29, 0.717) is 22.7 Å². The lowest BCUT2D eigenvalue weighted by molar-refractivity contribution is -0.127. The lowest BCUT2D eigenvalue weighted by atomic mass is 10.1. The zero-order valence-electron chi connectivity index (χ0n) is 20.3. The number of anilines is 2. The number of imide groups is 1. The van der Waals surface area contributed by atoms with Crippen molar-refractivity contribution < 1.29 is 23.9 Å². The molecule has 37 heavy (non-hydrogen) atoms. The maximum Gasteiger partial charge on any atom is 0.294 e. The van der Waals surface area contributed by atoms with E-state index in [1.807, 2.05) is 44.2 Å². The van der Waals surface area contributed by atoms with Crippen molar-refractivity contribution in [3.8, 4) is 5.75 Å². The predicted molar refractivity (Wildman–Crippen MR) is 144 cm³/mol. The number of hydrogen-bond acceptors (Lipinski definition) is 6. The van der Waals surface area contributed by atoms with Crippen LogP contribution in [0, 0.1) is 13.8 Å². The molecule has 8 nitrogen and oxygen atoms in total. The van der Waals surface area contributed by atoms with Crippen molar-refractivity contribution in [3.05, 3.63) is 94.4 Å². The third kappa shape index (κ3) is 6.45. The summed E-state index contributed by atoms with van der Waals surface area (Å²) in [6.07, 6.45) is 1.53. The Morgan fingerprint density at radius 3 is 2.41 bits per heavy atom. The molecule has 0 saturated carbocycles. The van der Waals surface area contributed by atoms with E-state index in [1.165, 1.54) is 6.08 Å². The van der Waals surface area contributed by atoms with Crippen LogP contribution in [0.15, 0.2) is 77.7 Å². The number of carbonyl (C=O) groups is 4. The van der Waals surface area contributed by atoms with Gasteiger partial charge in [0.1, 0.15) is 12.3 Å². The quantitative estimate of drug-likeness (QED) is 0.409. The lowest BCUT2D eigenvalue weighted by Crippen LogP contribution is -2.36. The van der Waals surface area contributed by atoms with Crippen molar-refractivity contribution in [2.45, 2.75) is 13.8 Å². The number of carbonyl (C=O) groups excluding carboxylic acids is 4. The molecule has 0 unspecified atom stereocenters. The Labute approximate surface area is 218 Å². The highest BCUT2D eigenvalue weighted by molar-refractivity contribution is 8.18. The molecule has 1 aliphatic heterocycles. The molecular weight excluding hydrogens is 490 g/mol. The molecule has 4 rings (SSSR count). The molecule has 9 heteroatoms. The van der Waals surface area contributed by atoms with E-state index in [0.717, 1.165) is 27.8 Å². The third-order valence-corrected chi connectivity index (χ3v) is 6.58. The average molecular weight is 516 g/mol. The highest BCUT2D eigenvalue weighted by Gasteiger charge is 2.36. The number of rotatable bonds is 8. The molecule has 0 aromatic heterocycles. The Morgan fingerprint density at radius 1 is 0.892 bits per heavy atom. The fourth-order valence-electron chi connectivity index (χ4n) is 3.59. The summed E-state index contributed by atoms with van der Waals surface area (Å²) in [6, 6.07) is 21.4. The number of nitrogens with zero attached hydrogens (tertiary/aromatic N) is 1. The topological polar surface area (TPSA) is 105 Å². The molecule has 1 saturated heterocycles. The zero-order valence-corrected chi connectivity index (χ0v) is 21.1. The number of ether oxygens (including phenoxy) is 1. The van der Waals surface area contributed by atoms with Crippen LogP contribution in [0.4, 0.5) is 16.2 Å². The number of para-hydroxylation sites is 2. The SMILES string of the molecule is Cc1cccc(NC(=O)CN2C(=O)S/C(=C/c3ccccc3OCC(=O)Nc3ccccc3)C2=O)c1C. The van der Waals surface area contributed by atoms with Crippen LogP contribution < -0.4 is 15.4 Å². The van der Waals surface area contributed by atoms with Crippen LogP contribution in [-0.4, -0.2) is 41.0 Å². The molecule has 1 aliphatic rings. The monoisotopic (exact) mass is 515 g/mol. The minimum Gasteiger partial charge on any atom is -0.483 e. The maximum absolute atomic E-state index is 12.9. The Balaban J connectivity index is 1.41. The minimum atomic E-state index is -0.567. The summed E-state index contributed by atoms with van der Waals surface area (Å²) >= 11 is 0.749. The summed E-state index contributed by atoms with van der Waals surface area (Å²) in [5, 5.41) is 4.97. The van der Waals surface area contributed by atoms with E-state index in [2.05, 4.69) is 10.6 Å². The van der Waals surface area contributed by atoms with Crippen LogP contribution in [0.25, 0.3) is 6.08 Å². The first kappa shape index (κ1) is 25.7. The summed E-state index contributed by atoms with van der Waals surface area (Å²) in [5.41, 5.74) is 3.75. The first-order valence-corrected chi connectivity index (χ1v) is 12.3. The molecule has 1 fully saturated rings. The Bertz CT molecular complexity index is 1390. The highest BCUT2D eigenvalue weighted by atomic mass is 32.2. The van der Waals surface area contributed by atoms with Crippen LogP contribution in [0.1, 0.15) is 16.7 Å². The van der Waals surface area contributed by atoms with Crippen molar-refractivity contribution in [1.29, 1.82) is 0 Å². The molecular formula is C28H25N3O5S. The van der Waals surface area contributed by atoms with E-state index in [-0.39, 0.29) is 17.4 Å². The molecule has 1 heterocycles. The van der Waals surface area contributed by atoms with Crippen molar-refractivity contribution >= 4 is 52.2 Å². The molecule has 4 amide bonds. The van der Waals surface area contributed by atoms with Crippen LogP contribution in [-0.2, 0) is 14.4 Å². The van der Waals surface area contributed by atoms with Gasteiger partial charge in [0, 0.05) is 16.9 Å². The van der Waals surface area contributed by atoms with Crippen LogP contribution in [0.5, 0.6) is 5.75 Å². The van der Waals surface area contributed by atoms with Gasteiger partial charge in [-0.05, 0) is 67.1 Å². The second-order valence-electron chi connectivity index (χ2n) is 8.30. The Kier molecular flexibility index (Phi) is 8.05. The number of nitrogens with one attached hydrogen (secondary N) is 2. The van der Waals surface area contributed by atoms with Gasteiger partial charge in [0.15, 0.2) is 6.61 Å². The zero-order chi connectivity index (χ0) is 26.4. The number of hydrogen-bond donors (Lipinski definition) is 2. The minimum absolute atomic E-state index is 0.161. The van der Waals surface area contributed by atoms with Gasteiger partial charge in [-0.1, -0.05) is 48.5 Å². The highest BCUT2D eigenvalue weighted by Crippen LogP contribution is 2.34. The predicted octanol–water partition coefficient (Wildman–Crippen LogP) is 5.00. The molecule has 3 aromatic carbocycles. The molecule has 0 radical (unpaired) electrons. The fourth-order valence-corrected chi connectivity index (χ4v) is 4.42.